The smallest absolute Gasteiger partial charge is 0.320 e. The molecular weight excluding hydrogens is 258 g/mol. The number of ether oxygens (including phenoxy) is 2. The number of carboxylic acid groups (broad SMARTS) is 1. The summed E-state index contributed by atoms with van der Waals surface area (Å²) in [5, 5.41) is 9.18. The highest BCUT2D eigenvalue weighted by Crippen LogP contribution is 2.19. The quantitative estimate of drug-likeness (QED) is 0.807. The zero-order valence-corrected chi connectivity index (χ0v) is 12.4. The fourth-order valence-electron chi connectivity index (χ4n) is 3.13. The van der Waals surface area contributed by atoms with E-state index in [0.29, 0.717) is 13.0 Å². The third-order valence-corrected chi connectivity index (χ3v) is 4.38. The fourth-order valence-corrected chi connectivity index (χ4v) is 3.13. The summed E-state index contributed by atoms with van der Waals surface area (Å²) in [6.07, 6.45) is 6.57. The van der Waals surface area contributed by atoms with Crippen molar-refractivity contribution in [3.8, 4) is 0 Å². The normalized spacial score (nSPS) is 27.4. The molecule has 0 aromatic carbocycles. The van der Waals surface area contributed by atoms with E-state index in [4.69, 9.17) is 9.47 Å². The molecule has 2 fully saturated rings. The van der Waals surface area contributed by atoms with Gasteiger partial charge in [0.15, 0.2) is 0 Å². The summed E-state index contributed by atoms with van der Waals surface area (Å²) in [6.45, 7) is 5.13. The van der Waals surface area contributed by atoms with Crippen molar-refractivity contribution in [1.82, 2.24) is 4.90 Å². The Hall–Kier alpha value is -0.650. The summed E-state index contributed by atoms with van der Waals surface area (Å²) >= 11 is 0. The number of likely N-dealkylation sites (tertiary alicyclic amines) is 1. The Bertz CT molecular complexity index is 296. The van der Waals surface area contributed by atoms with Crippen LogP contribution in [-0.2, 0) is 14.3 Å². The van der Waals surface area contributed by atoms with Gasteiger partial charge < -0.3 is 14.6 Å². The molecule has 0 aromatic heterocycles. The van der Waals surface area contributed by atoms with Crippen LogP contribution < -0.4 is 0 Å². The Labute approximate surface area is 121 Å². The number of hydrogen-bond acceptors (Lipinski definition) is 4. The average molecular weight is 285 g/mol. The van der Waals surface area contributed by atoms with E-state index in [-0.39, 0.29) is 18.2 Å². The minimum absolute atomic E-state index is 0.267. The third-order valence-electron chi connectivity index (χ3n) is 4.38. The number of nitrogens with zero attached hydrogens (tertiary/aromatic N) is 1. The summed E-state index contributed by atoms with van der Waals surface area (Å²) < 4.78 is 11.6. The highest BCUT2D eigenvalue weighted by Gasteiger charge is 2.29. The molecule has 0 unspecified atom stereocenters. The van der Waals surface area contributed by atoms with Gasteiger partial charge in [-0.25, -0.2) is 0 Å². The number of aliphatic carboxylic acids is 1. The molecule has 5 nitrogen and oxygen atoms in total. The van der Waals surface area contributed by atoms with Crippen LogP contribution in [0.25, 0.3) is 0 Å². The van der Waals surface area contributed by atoms with Gasteiger partial charge >= 0.3 is 5.97 Å². The van der Waals surface area contributed by atoms with E-state index in [1.807, 2.05) is 6.92 Å². The van der Waals surface area contributed by atoms with Crippen LogP contribution in [0.2, 0.25) is 0 Å². The van der Waals surface area contributed by atoms with E-state index in [1.165, 1.54) is 12.8 Å². The zero-order chi connectivity index (χ0) is 14.4. The van der Waals surface area contributed by atoms with Crippen molar-refractivity contribution < 1.29 is 19.4 Å². The van der Waals surface area contributed by atoms with Gasteiger partial charge in [-0.1, -0.05) is 6.92 Å². The molecule has 2 aliphatic heterocycles. The lowest BCUT2D eigenvalue weighted by Gasteiger charge is -2.35. The number of hydrogen-bond donors (Lipinski definition) is 1. The Balaban J connectivity index is 1.67. The average Bonchev–Trinajstić information content (AvgIpc) is 2.48. The Morgan fingerprint density at radius 2 is 2.10 bits per heavy atom. The van der Waals surface area contributed by atoms with Crippen LogP contribution in [0.4, 0.5) is 0 Å². The minimum Gasteiger partial charge on any atom is -0.480 e. The van der Waals surface area contributed by atoms with Gasteiger partial charge in [0.25, 0.3) is 0 Å². The third kappa shape index (κ3) is 4.43. The Kier molecular flexibility index (Phi) is 6.26. The van der Waals surface area contributed by atoms with E-state index in [0.717, 1.165) is 39.0 Å². The first kappa shape index (κ1) is 15.7. The predicted octanol–water partition coefficient (Wildman–Crippen LogP) is 1.90. The monoisotopic (exact) mass is 285 g/mol. The second-order valence-electron chi connectivity index (χ2n) is 5.82. The van der Waals surface area contributed by atoms with Crippen molar-refractivity contribution in [2.24, 2.45) is 0 Å². The van der Waals surface area contributed by atoms with Gasteiger partial charge in [0.1, 0.15) is 6.04 Å². The predicted molar refractivity (Wildman–Crippen MR) is 75.9 cm³/mol. The molecule has 2 aliphatic rings. The van der Waals surface area contributed by atoms with Crippen LogP contribution in [-0.4, -0.2) is 60.5 Å². The largest absolute Gasteiger partial charge is 0.480 e. The van der Waals surface area contributed by atoms with Crippen molar-refractivity contribution in [1.29, 1.82) is 0 Å². The first-order valence-corrected chi connectivity index (χ1v) is 7.90. The highest BCUT2D eigenvalue weighted by atomic mass is 16.5. The first-order chi connectivity index (χ1) is 9.70. The van der Waals surface area contributed by atoms with Gasteiger partial charge in [0.2, 0.25) is 0 Å². The van der Waals surface area contributed by atoms with Gasteiger partial charge in [-0.15, -0.1) is 0 Å². The van der Waals surface area contributed by atoms with Crippen LogP contribution in [0.5, 0.6) is 0 Å². The standard InChI is InChI=1S/C15H27NO4/c1-2-14(15(17)18)16-8-6-12(7-9-16)20-11-13-5-3-4-10-19-13/h12-14H,2-11H2,1H3,(H,17,18)/t13-,14+/m1/s1. The second-order valence-corrected chi connectivity index (χ2v) is 5.82. The number of piperidine rings is 1. The van der Waals surface area contributed by atoms with E-state index in [9.17, 15) is 9.90 Å². The summed E-state index contributed by atoms with van der Waals surface area (Å²) in [4.78, 5) is 13.2. The van der Waals surface area contributed by atoms with Crippen molar-refractivity contribution in [2.45, 2.75) is 63.7 Å². The van der Waals surface area contributed by atoms with Gasteiger partial charge in [-0.3, -0.25) is 9.69 Å². The number of carbonyl (C=O) groups is 1. The zero-order valence-electron chi connectivity index (χ0n) is 12.4. The van der Waals surface area contributed by atoms with Crippen LogP contribution in [0.15, 0.2) is 0 Å². The topological polar surface area (TPSA) is 59.0 Å². The molecule has 20 heavy (non-hydrogen) atoms. The molecule has 0 radical (unpaired) electrons. The molecule has 0 amide bonds. The second kappa shape index (κ2) is 7.96. The molecule has 2 atom stereocenters. The maximum atomic E-state index is 11.2. The lowest BCUT2D eigenvalue weighted by Crippen LogP contribution is -2.47. The summed E-state index contributed by atoms with van der Waals surface area (Å²) in [5.74, 6) is -0.706. The Morgan fingerprint density at radius 1 is 1.35 bits per heavy atom. The number of rotatable bonds is 6. The van der Waals surface area contributed by atoms with E-state index < -0.39 is 5.97 Å². The van der Waals surface area contributed by atoms with Crippen molar-refractivity contribution in [2.75, 3.05) is 26.3 Å². The lowest BCUT2D eigenvalue weighted by atomic mass is 10.0. The summed E-state index contributed by atoms with van der Waals surface area (Å²) in [5.41, 5.74) is 0. The number of carboxylic acids is 1. The lowest BCUT2D eigenvalue weighted by molar-refractivity contribution is -0.145. The minimum atomic E-state index is -0.706. The van der Waals surface area contributed by atoms with Crippen molar-refractivity contribution in [3.05, 3.63) is 0 Å². The van der Waals surface area contributed by atoms with Crippen LogP contribution in [0.3, 0.4) is 0 Å². The van der Waals surface area contributed by atoms with E-state index >= 15 is 0 Å². The van der Waals surface area contributed by atoms with Crippen molar-refractivity contribution >= 4 is 5.97 Å². The summed E-state index contributed by atoms with van der Waals surface area (Å²) in [6, 6.07) is -0.336. The molecule has 0 aliphatic carbocycles. The molecule has 0 saturated carbocycles. The molecule has 2 rings (SSSR count). The highest BCUT2D eigenvalue weighted by molar-refractivity contribution is 5.73. The van der Waals surface area contributed by atoms with Crippen molar-refractivity contribution in [3.63, 3.8) is 0 Å². The van der Waals surface area contributed by atoms with Crippen LogP contribution in [0.1, 0.15) is 45.4 Å². The fraction of sp³-hybridized carbons (Fsp3) is 0.933. The van der Waals surface area contributed by atoms with Gasteiger partial charge in [0.05, 0.1) is 18.8 Å². The van der Waals surface area contributed by atoms with Gasteiger partial charge in [-0.2, -0.15) is 0 Å². The summed E-state index contributed by atoms with van der Waals surface area (Å²) in [7, 11) is 0. The molecule has 1 N–H and O–H groups in total. The maximum absolute atomic E-state index is 11.2. The molecule has 2 saturated heterocycles. The van der Waals surface area contributed by atoms with Gasteiger partial charge in [-0.05, 0) is 38.5 Å². The molecule has 0 spiro atoms. The van der Waals surface area contributed by atoms with Gasteiger partial charge in [0, 0.05) is 19.7 Å². The molecule has 0 bridgehead atoms. The van der Waals surface area contributed by atoms with Crippen LogP contribution >= 0.6 is 0 Å². The van der Waals surface area contributed by atoms with Crippen LogP contribution in [0, 0.1) is 0 Å². The van der Waals surface area contributed by atoms with E-state index in [2.05, 4.69) is 4.90 Å². The molecule has 116 valence electrons. The Morgan fingerprint density at radius 3 is 2.65 bits per heavy atom. The van der Waals surface area contributed by atoms with E-state index in [1.54, 1.807) is 0 Å². The molecular formula is C15H27NO4. The first-order valence-electron chi connectivity index (χ1n) is 7.90. The molecule has 2 heterocycles. The molecule has 5 heteroatoms. The maximum Gasteiger partial charge on any atom is 0.320 e. The SMILES string of the molecule is CC[C@@H](C(=O)O)N1CCC(OC[C@H]2CCCCO2)CC1. The molecule has 0 aromatic rings.